The highest BCUT2D eigenvalue weighted by Crippen LogP contribution is 2.32. The Bertz CT molecular complexity index is 755. The molecule has 8 nitrogen and oxygen atoms in total. The van der Waals surface area contributed by atoms with Crippen LogP contribution in [0.15, 0.2) is 23.4 Å². The summed E-state index contributed by atoms with van der Waals surface area (Å²) in [5, 5.41) is 12.4. The van der Waals surface area contributed by atoms with E-state index in [-0.39, 0.29) is 5.16 Å². The van der Waals surface area contributed by atoms with Crippen molar-refractivity contribution in [2.24, 2.45) is 5.14 Å². The second-order valence-corrected chi connectivity index (χ2v) is 5.62. The summed E-state index contributed by atoms with van der Waals surface area (Å²) < 4.78 is 34.8. The molecule has 21 heavy (non-hydrogen) atoms. The number of nitrogens with zero attached hydrogens (tertiary/aromatic N) is 3. The fourth-order valence-corrected chi connectivity index (χ4v) is 2.65. The van der Waals surface area contributed by atoms with E-state index in [0.29, 0.717) is 29.4 Å². The summed E-state index contributed by atoms with van der Waals surface area (Å²) in [6.07, 6.45) is 0. The van der Waals surface area contributed by atoms with Gasteiger partial charge in [0.1, 0.15) is 0 Å². The summed E-state index contributed by atoms with van der Waals surface area (Å²) in [6, 6.07) is 5.14. The number of benzene rings is 1. The molecule has 0 aliphatic rings. The van der Waals surface area contributed by atoms with Crippen molar-refractivity contribution in [2.45, 2.75) is 18.6 Å². The van der Waals surface area contributed by atoms with Gasteiger partial charge in [-0.1, -0.05) is 0 Å². The Kier molecular flexibility index (Phi) is 4.14. The monoisotopic (exact) mass is 312 g/mol. The first-order valence-electron chi connectivity index (χ1n) is 6.10. The van der Waals surface area contributed by atoms with Gasteiger partial charge in [0.05, 0.1) is 14.2 Å². The zero-order chi connectivity index (χ0) is 15.6. The van der Waals surface area contributed by atoms with Gasteiger partial charge in [0.25, 0.3) is 15.2 Å². The Morgan fingerprint density at radius 3 is 2.38 bits per heavy atom. The molecule has 2 N–H and O–H groups in total. The highest BCUT2D eigenvalue weighted by atomic mass is 32.2. The molecule has 1 aromatic carbocycles. The molecule has 0 fully saturated rings. The third-order valence-corrected chi connectivity index (χ3v) is 3.74. The summed E-state index contributed by atoms with van der Waals surface area (Å²) in [5.41, 5.74) is 0.650. The summed E-state index contributed by atoms with van der Waals surface area (Å²) in [4.78, 5) is 0. The van der Waals surface area contributed by atoms with E-state index in [2.05, 4.69) is 10.2 Å². The fourth-order valence-electron chi connectivity index (χ4n) is 1.97. The first-order chi connectivity index (χ1) is 9.92. The maximum Gasteiger partial charge on any atom is 0.273 e. The molecule has 0 radical (unpaired) electrons. The summed E-state index contributed by atoms with van der Waals surface area (Å²) in [7, 11) is -0.879. The van der Waals surface area contributed by atoms with Gasteiger partial charge in [-0.2, -0.15) is 0 Å². The number of primary sulfonamides is 1. The van der Waals surface area contributed by atoms with Gasteiger partial charge in [-0.05, 0) is 25.1 Å². The smallest absolute Gasteiger partial charge is 0.273 e. The highest BCUT2D eigenvalue weighted by Gasteiger charge is 2.21. The second-order valence-electron chi connectivity index (χ2n) is 4.17. The van der Waals surface area contributed by atoms with Crippen LogP contribution in [0.25, 0.3) is 11.4 Å². The quantitative estimate of drug-likeness (QED) is 0.867. The van der Waals surface area contributed by atoms with Gasteiger partial charge in [-0.15, -0.1) is 10.2 Å². The lowest BCUT2D eigenvalue weighted by Crippen LogP contribution is -2.18. The van der Waals surface area contributed by atoms with Gasteiger partial charge in [0, 0.05) is 12.1 Å². The van der Waals surface area contributed by atoms with Crippen LogP contribution in [0.2, 0.25) is 0 Å². The maximum absolute atomic E-state index is 11.5. The third kappa shape index (κ3) is 2.83. The molecule has 0 atom stereocenters. The first kappa shape index (κ1) is 15.3. The summed E-state index contributed by atoms with van der Waals surface area (Å²) in [5.74, 6) is 1.47. The van der Waals surface area contributed by atoms with Crippen LogP contribution in [0.3, 0.4) is 0 Å². The molecule has 0 amide bonds. The van der Waals surface area contributed by atoms with Crippen LogP contribution in [-0.4, -0.2) is 37.4 Å². The van der Waals surface area contributed by atoms with E-state index in [1.807, 2.05) is 0 Å². The number of aromatic nitrogens is 3. The lowest BCUT2D eigenvalue weighted by molar-refractivity contribution is 0.355. The molecule has 0 aliphatic heterocycles. The molecule has 2 aromatic rings. The molecular weight excluding hydrogens is 296 g/mol. The zero-order valence-electron chi connectivity index (χ0n) is 11.9. The molecule has 114 valence electrons. The first-order valence-corrected chi connectivity index (χ1v) is 7.65. The molecule has 0 saturated heterocycles. The Hall–Kier alpha value is -2.13. The standard InChI is InChI=1S/C12H16N4O4S/c1-4-16-11(14-15-12(16)21(13,17)18)8-5-6-9(19-2)10(7-8)20-3/h5-7H,4H2,1-3H3,(H2,13,17,18). The molecule has 0 unspecified atom stereocenters. The number of hydrogen-bond acceptors (Lipinski definition) is 6. The lowest BCUT2D eigenvalue weighted by Gasteiger charge is -2.10. The topological polar surface area (TPSA) is 109 Å². The molecule has 1 aromatic heterocycles. The minimum absolute atomic E-state index is 0.269. The van der Waals surface area contributed by atoms with Crippen molar-refractivity contribution in [2.75, 3.05) is 14.2 Å². The van der Waals surface area contributed by atoms with Gasteiger partial charge in [-0.3, -0.25) is 4.57 Å². The van der Waals surface area contributed by atoms with Gasteiger partial charge in [0.15, 0.2) is 17.3 Å². The molecule has 0 bridgehead atoms. The third-order valence-electron chi connectivity index (χ3n) is 2.93. The lowest BCUT2D eigenvalue weighted by atomic mass is 10.2. The van der Waals surface area contributed by atoms with E-state index in [4.69, 9.17) is 14.6 Å². The van der Waals surface area contributed by atoms with E-state index < -0.39 is 10.0 Å². The molecule has 0 aliphatic carbocycles. The SMILES string of the molecule is CCn1c(-c2ccc(OC)c(OC)c2)nnc1S(N)(=O)=O. The van der Waals surface area contributed by atoms with E-state index in [1.165, 1.54) is 18.8 Å². The number of rotatable bonds is 5. The molecule has 9 heteroatoms. The number of nitrogens with two attached hydrogens (primary N) is 1. The van der Waals surface area contributed by atoms with Gasteiger partial charge in [0.2, 0.25) is 0 Å². The van der Waals surface area contributed by atoms with E-state index in [1.54, 1.807) is 25.1 Å². The Labute approximate surface area is 122 Å². The van der Waals surface area contributed by atoms with Crippen molar-refractivity contribution in [1.82, 2.24) is 14.8 Å². The van der Waals surface area contributed by atoms with Crippen LogP contribution < -0.4 is 14.6 Å². The van der Waals surface area contributed by atoms with Crippen molar-refractivity contribution < 1.29 is 17.9 Å². The number of ether oxygens (including phenoxy) is 2. The van der Waals surface area contributed by atoms with Crippen molar-refractivity contribution in [1.29, 1.82) is 0 Å². The predicted molar refractivity (Wildman–Crippen MR) is 75.6 cm³/mol. The van der Waals surface area contributed by atoms with E-state index in [0.717, 1.165) is 0 Å². The van der Waals surface area contributed by atoms with Crippen LogP contribution >= 0.6 is 0 Å². The molecular formula is C12H16N4O4S. The average molecular weight is 312 g/mol. The summed E-state index contributed by atoms with van der Waals surface area (Å²) >= 11 is 0. The fraction of sp³-hybridized carbons (Fsp3) is 0.333. The highest BCUT2D eigenvalue weighted by molar-refractivity contribution is 7.89. The maximum atomic E-state index is 11.5. The van der Waals surface area contributed by atoms with Gasteiger partial charge >= 0.3 is 0 Å². The van der Waals surface area contributed by atoms with Gasteiger partial charge < -0.3 is 9.47 Å². The van der Waals surface area contributed by atoms with Crippen molar-refractivity contribution in [3.05, 3.63) is 18.2 Å². The normalized spacial score (nSPS) is 11.4. The van der Waals surface area contributed by atoms with Crippen molar-refractivity contribution >= 4 is 10.0 Å². The van der Waals surface area contributed by atoms with Crippen LogP contribution in [0.4, 0.5) is 0 Å². The van der Waals surface area contributed by atoms with Crippen LogP contribution in [0.5, 0.6) is 11.5 Å². The number of sulfonamides is 1. The Balaban J connectivity index is 2.60. The van der Waals surface area contributed by atoms with E-state index >= 15 is 0 Å². The minimum Gasteiger partial charge on any atom is -0.493 e. The average Bonchev–Trinajstić information content (AvgIpc) is 2.90. The predicted octanol–water partition coefficient (Wildman–Crippen LogP) is 0.630. The molecule has 1 heterocycles. The Morgan fingerprint density at radius 1 is 1.19 bits per heavy atom. The summed E-state index contributed by atoms with van der Waals surface area (Å²) in [6.45, 7) is 2.14. The van der Waals surface area contributed by atoms with Crippen LogP contribution in [0.1, 0.15) is 6.92 Å². The van der Waals surface area contributed by atoms with Gasteiger partial charge in [-0.25, -0.2) is 13.6 Å². The second kappa shape index (κ2) is 5.70. The molecule has 0 spiro atoms. The van der Waals surface area contributed by atoms with Crippen molar-refractivity contribution in [3.8, 4) is 22.9 Å². The molecule has 2 rings (SSSR count). The minimum atomic E-state index is -3.93. The van der Waals surface area contributed by atoms with E-state index in [9.17, 15) is 8.42 Å². The van der Waals surface area contributed by atoms with Crippen LogP contribution in [0, 0.1) is 0 Å². The largest absolute Gasteiger partial charge is 0.493 e. The zero-order valence-corrected chi connectivity index (χ0v) is 12.7. The Morgan fingerprint density at radius 2 is 1.86 bits per heavy atom. The van der Waals surface area contributed by atoms with Crippen LogP contribution in [-0.2, 0) is 16.6 Å². The van der Waals surface area contributed by atoms with Crippen molar-refractivity contribution in [3.63, 3.8) is 0 Å². The number of hydrogen-bond donors (Lipinski definition) is 1. The molecule has 0 saturated carbocycles. The number of methoxy groups -OCH3 is 2.